The molecule has 0 spiro atoms. The number of amides is 1. The zero-order valence-electron chi connectivity index (χ0n) is 8.41. The van der Waals surface area contributed by atoms with Gasteiger partial charge in [-0.15, -0.1) is 0 Å². The summed E-state index contributed by atoms with van der Waals surface area (Å²) in [6.07, 6.45) is 2.63. The van der Waals surface area contributed by atoms with Crippen molar-refractivity contribution in [3.63, 3.8) is 0 Å². The van der Waals surface area contributed by atoms with E-state index in [-0.39, 0.29) is 12.0 Å². The third-order valence-electron chi connectivity index (χ3n) is 3.14. The number of β-amino-alcohol motifs (C(OH)–C–C–N with tert-alkyl or cyclic N) is 1. The summed E-state index contributed by atoms with van der Waals surface area (Å²) in [5.41, 5.74) is 0. The molecule has 2 heterocycles. The lowest BCUT2D eigenvalue weighted by atomic mass is 9.93. The van der Waals surface area contributed by atoms with E-state index < -0.39 is 0 Å². The molecule has 0 bridgehead atoms. The SMILES string of the molecule is O=C(CC1CCNCC1)N1CC(O)C1. The van der Waals surface area contributed by atoms with Crippen LogP contribution in [0.15, 0.2) is 0 Å². The van der Waals surface area contributed by atoms with Crippen LogP contribution in [0, 0.1) is 5.92 Å². The lowest BCUT2D eigenvalue weighted by molar-refractivity contribution is -0.142. The molecule has 14 heavy (non-hydrogen) atoms. The summed E-state index contributed by atoms with van der Waals surface area (Å²) in [5.74, 6) is 0.781. The predicted octanol–water partition coefficient (Wildman–Crippen LogP) is -0.421. The van der Waals surface area contributed by atoms with E-state index in [2.05, 4.69) is 5.32 Å². The summed E-state index contributed by atoms with van der Waals surface area (Å²) >= 11 is 0. The Bertz CT molecular complexity index is 208. The summed E-state index contributed by atoms with van der Waals surface area (Å²) in [7, 11) is 0. The average molecular weight is 198 g/mol. The molecule has 4 heteroatoms. The van der Waals surface area contributed by atoms with Crippen LogP contribution in [0.4, 0.5) is 0 Å². The van der Waals surface area contributed by atoms with E-state index in [1.807, 2.05) is 0 Å². The summed E-state index contributed by atoms with van der Waals surface area (Å²) < 4.78 is 0. The smallest absolute Gasteiger partial charge is 0.223 e. The van der Waals surface area contributed by atoms with Gasteiger partial charge < -0.3 is 15.3 Å². The third kappa shape index (κ3) is 2.25. The fourth-order valence-electron chi connectivity index (χ4n) is 2.12. The van der Waals surface area contributed by atoms with Crippen LogP contribution in [0.1, 0.15) is 19.3 Å². The monoisotopic (exact) mass is 198 g/mol. The van der Waals surface area contributed by atoms with Gasteiger partial charge in [-0.2, -0.15) is 0 Å². The zero-order valence-corrected chi connectivity index (χ0v) is 8.41. The minimum absolute atomic E-state index is 0.224. The number of hydrogen-bond donors (Lipinski definition) is 2. The van der Waals surface area contributed by atoms with E-state index in [0.29, 0.717) is 25.4 Å². The van der Waals surface area contributed by atoms with Crippen molar-refractivity contribution in [3.05, 3.63) is 0 Å². The quantitative estimate of drug-likeness (QED) is 0.633. The summed E-state index contributed by atoms with van der Waals surface area (Å²) in [6, 6.07) is 0. The number of carbonyl (C=O) groups excluding carboxylic acids is 1. The van der Waals surface area contributed by atoms with Crippen LogP contribution in [0.5, 0.6) is 0 Å². The van der Waals surface area contributed by atoms with Crippen molar-refractivity contribution in [2.75, 3.05) is 26.2 Å². The number of aliphatic hydroxyl groups excluding tert-OH is 1. The molecule has 0 aliphatic carbocycles. The number of rotatable bonds is 2. The summed E-state index contributed by atoms with van der Waals surface area (Å²) in [6.45, 7) is 3.18. The fraction of sp³-hybridized carbons (Fsp3) is 0.900. The summed E-state index contributed by atoms with van der Waals surface area (Å²) in [5, 5.41) is 12.4. The number of likely N-dealkylation sites (tertiary alicyclic amines) is 1. The first-order valence-electron chi connectivity index (χ1n) is 5.42. The van der Waals surface area contributed by atoms with Crippen LogP contribution < -0.4 is 5.32 Å². The molecule has 0 unspecified atom stereocenters. The molecule has 0 radical (unpaired) electrons. The number of piperidine rings is 1. The molecule has 0 aromatic heterocycles. The van der Waals surface area contributed by atoms with E-state index in [4.69, 9.17) is 5.11 Å². The van der Waals surface area contributed by atoms with Gasteiger partial charge in [-0.3, -0.25) is 4.79 Å². The van der Waals surface area contributed by atoms with Crippen molar-refractivity contribution in [3.8, 4) is 0 Å². The van der Waals surface area contributed by atoms with Crippen LogP contribution in [0.2, 0.25) is 0 Å². The molecule has 0 aromatic carbocycles. The van der Waals surface area contributed by atoms with Gasteiger partial charge in [-0.05, 0) is 31.8 Å². The normalized spacial score (nSPS) is 24.8. The van der Waals surface area contributed by atoms with Gasteiger partial charge in [-0.25, -0.2) is 0 Å². The Morgan fingerprint density at radius 3 is 2.57 bits per heavy atom. The maximum Gasteiger partial charge on any atom is 0.223 e. The molecular weight excluding hydrogens is 180 g/mol. The van der Waals surface area contributed by atoms with E-state index in [9.17, 15) is 4.79 Å². The lowest BCUT2D eigenvalue weighted by Gasteiger charge is -2.37. The lowest BCUT2D eigenvalue weighted by Crippen LogP contribution is -2.53. The second kappa shape index (κ2) is 4.28. The highest BCUT2D eigenvalue weighted by atomic mass is 16.3. The second-order valence-corrected chi connectivity index (χ2v) is 4.35. The van der Waals surface area contributed by atoms with Crippen molar-refractivity contribution >= 4 is 5.91 Å². The maximum absolute atomic E-state index is 11.6. The van der Waals surface area contributed by atoms with E-state index in [1.54, 1.807) is 4.90 Å². The molecule has 2 fully saturated rings. The van der Waals surface area contributed by atoms with Crippen LogP contribution in [-0.2, 0) is 4.79 Å². The summed E-state index contributed by atoms with van der Waals surface area (Å²) in [4.78, 5) is 13.4. The van der Waals surface area contributed by atoms with Crippen molar-refractivity contribution in [1.29, 1.82) is 0 Å². The number of nitrogens with zero attached hydrogens (tertiary/aromatic N) is 1. The van der Waals surface area contributed by atoms with Crippen LogP contribution in [0.3, 0.4) is 0 Å². The zero-order chi connectivity index (χ0) is 9.97. The first kappa shape index (κ1) is 9.93. The first-order valence-corrected chi connectivity index (χ1v) is 5.42. The van der Waals surface area contributed by atoms with Crippen LogP contribution in [0.25, 0.3) is 0 Å². The van der Waals surface area contributed by atoms with Crippen LogP contribution in [-0.4, -0.2) is 48.2 Å². The maximum atomic E-state index is 11.6. The van der Waals surface area contributed by atoms with Gasteiger partial charge in [0.2, 0.25) is 5.91 Å². The van der Waals surface area contributed by atoms with Gasteiger partial charge >= 0.3 is 0 Å². The number of nitrogens with one attached hydrogen (secondary N) is 1. The highest BCUT2D eigenvalue weighted by molar-refractivity contribution is 5.77. The van der Waals surface area contributed by atoms with Crippen molar-refractivity contribution in [1.82, 2.24) is 10.2 Å². The van der Waals surface area contributed by atoms with Gasteiger partial charge in [0, 0.05) is 19.5 Å². The van der Waals surface area contributed by atoms with E-state index in [1.165, 1.54) is 0 Å². The Hall–Kier alpha value is -0.610. The Morgan fingerprint density at radius 2 is 2.00 bits per heavy atom. The topological polar surface area (TPSA) is 52.6 Å². The molecular formula is C10H18N2O2. The van der Waals surface area contributed by atoms with Gasteiger partial charge in [0.15, 0.2) is 0 Å². The fourth-order valence-corrected chi connectivity index (χ4v) is 2.12. The second-order valence-electron chi connectivity index (χ2n) is 4.35. The van der Waals surface area contributed by atoms with Gasteiger partial charge in [0.1, 0.15) is 0 Å². The standard InChI is InChI=1S/C10H18N2O2/c13-9-6-12(7-9)10(14)5-8-1-3-11-4-2-8/h8-9,11,13H,1-7H2. The van der Waals surface area contributed by atoms with E-state index in [0.717, 1.165) is 25.9 Å². The molecule has 80 valence electrons. The molecule has 2 rings (SSSR count). The Kier molecular flexibility index (Phi) is 3.03. The number of hydrogen-bond acceptors (Lipinski definition) is 3. The van der Waals surface area contributed by atoms with Crippen LogP contribution >= 0.6 is 0 Å². The van der Waals surface area contributed by atoms with Crippen molar-refractivity contribution in [2.45, 2.75) is 25.4 Å². The molecule has 4 nitrogen and oxygen atoms in total. The molecule has 2 aliphatic rings. The molecule has 0 saturated carbocycles. The van der Waals surface area contributed by atoms with Gasteiger partial charge in [-0.1, -0.05) is 0 Å². The minimum Gasteiger partial charge on any atom is -0.389 e. The molecule has 1 amide bonds. The third-order valence-corrected chi connectivity index (χ3v) is 3.14. The van der Waals surface area contributed by atoms with Crippen molar-refractivity contribution in [2.24, 2.45) is 5.92 Å². The van der Waals surface area contributed by atoms with E-state index >= 15 is 0 Å². The number of aliphatic hydroxyl groups is 1. The van der Waals surface area contributed by atoms with Gasteiger partial charge in [0.05, 0.1) is 6.10 Å². The predicted molar refractivity (Wildman–Crippen MR) is 52.8 cm³/mol. The molecule has 2 N–H and O–H groups in total. The minimum atomic E-state index is -0.271. The largest absolute Gasteiger partial charge is 0.389 e. The molecule has 2 aliphatic heterocycles. The molecule has 0 atom stereocenters. The highest BCUT2D eigenvalue weighted by Crippen LogP contribution is 2.19. The Labute approximate surface area is 84.3 Å². The average Bonchev–Trinajstić information content (AvgIpc) is 2.14. The molecule has 0 aromatic rings. The number of carbonyl (C=O) groups is 1. The first-order chi connectivity index (χ1) is 6.75. The molecule has 2 saturated heterocycles. The van der Waals surface area contributed by atoms with Gasteiger partial charge in [0.25, 0.3) is 0 Å². The highest BCUT2D eigenvalue weighted by Gasteiger charge is 2.30. The van der Waals surface area contributed by atoms with Crippen molar-refractivity contribution < 1.29 is 9.90 Å². The Balaban J connectivity index is 1.71. The Morgan fingerprint density at radius 1 is 1.36 bits per heavy atom.